The first-order valence-corrected chi connectivity index (χ1v) is 11.2. The lowest BCUT2D eigenvalue weighted by atomic mass is 9.98. The Bertz CT molecular complexity index is 1470. The second-order valence-electron chi connectivity index (χ2n) is 8.09. The van der Waals surface area contributed by atoms with E-state index in [0.29, 0.717) is 40.8 Å². The molecule has 8 nitrogen and oxygen atoms in total. The average molecular weight is 488 g/mol. The van der Waals surface area contributed by atoms with E-state index in [9.17, 15) is 14.4 Å². The van der Waals surface area contributed by atoms with Gasteiger partial charge in [-0.15, -0.1) is 0 Å². The van der Waals surface area contributed by atoms with Crippen molar-refractivity contribution >= 4 is 34.8 Å². The average Bonchev–Trinajstić information content (AvgIpc) is 3.44. The first-order chi connectivity index (χ1) is 16.9. The molecule has 4 heterocycles. The third kappa shape index (κ3) is 4.32. The molecule has 0 unspecified atom stereocenters. The number of rotatable bonds is 5. The van der Waals surface area contributed by atoms with Gasteiger partial charge in [0, 0.05) is 26.0 Å². The zero-order valence-electron chi connectivity index (χ0n) is 18.7. The van der Waals surface area contributed by atoms with Crippen molar-refractivity contribution in [3.63, 3.8) is 0 Å². The summed E-state index contributed by atoms with van der Waals surface area (Å²) in [6, 6.07) is 13.1. The second kappa shape index (κ2) is 9.16. The van der Waals surface area contributed by atoms with Gasteiger partial charge >= 0.3 is 0 Å². The maximum atomic E-state index is 14.0. The van der Waals surface area contributed by atoms with Crippen molar-refractivity contribution in [3.05, 3.63) is 82.6 Å². The van der Waals surface area contributed by atoms with Crippen molar-refractivity contribution in [1.82, 2.24) is 19.7 Å². The zero-order valence-corrected chi connectivity index (χ0v) is 19.4. The summed E-state index contributed by atoms with van der Waals surface area (Å²) < 4.78 is 15.4. The van der Waals surface area contributed by atoms with Gasteiger partial charge in [-0.1, -0.05) is 17.7 Å². The monoisotopic (exact) mass is 487 g/mol. The fourth-order valence-electron chi connectivity index (χ4n) is 4.21. The maximum absolute atomic E-state index is 14.0. The summed E-state index contributed by atoms with van der Waals surface area (Å²) in [5.74, 6) is 0.0104. The van der Waals surface area contributed by atoms with Crippen molar-refractivity contribution in [3.8, 4) is 17.2 Å². The highest BCUT2D eigenvalue weighted by atomic mass is 35.5. The van der Waals surface area contributed by atoms with Crippen molar-refractivity contribution < 1.29 is 9.18 Å². The van der Waals surface area contributed by atoms with E-state index in [1.165, 1.54) is 4.68 Å². The standard InChI is InChI=1S/C25H19ClFN7O/c1-33-25(20(27)14-31-33)32-21-11-15(4-7-29-21)18-9-16-5-8-34(23(16)19(10-18)13-28)22(35)12-17-3-2-6-30-24(17)26/h2-4,6-7,9-11,14H,5,8,12H2,1H3,(H,29,32). The predicted octanol–water partition coefficient (Wildman–Crippen LogP) is 4.42. The minimum absolute atomic E-state index is 0.0999. The van der Waals surface area contributed by atoms with Gasteiger partial charge in [-0.25, -0.2) is 19.0 Å². The van der Waals surface area contributed by atoms with Crippen molar-refractivity contribution in [2.45, 2.75) is 12.8 Å². The largest absolute Gasteiger partial charge is 0.323 e. The van der Waals surface area contributed by atoms with Gasteiger partial charge in [0.15, 0.2) is 11.6 Å². The van der Waals surface area contributed by atoms with Crippen LogP contribution in [-0.2, 0) is 24.7 Å². The van der Waals surface area contributed by atoms with E-state index in [2.05, 4.69) is 26.5 Å². The fraction of sp³-hybridized carbons (Fsp3) is 0.160. The van der Waals surface area contributed by atoms with E-state index in [1.807, 2.05) is 12.1 Å². The number of nitrogens with zero attached hydrogens (tertiary/aromatic N) is 6. The van der Waals surface area contributed by atoms with Gasteiger partial charge in [0.25, 0.3) is 0 Å². The molecule has 0 saturated carbocycles. The lowest BCUT2D eigenvalue weighted by Gasteiger charge is -2.19. The maximum Gasteiger partial charge on any atom is 0.231 e. The predicted molar refractivity (Wildman–Crippen MR) is 130 cm³/mol. The number of aryl methyl sites for hydroxylation is 1. The van der Waals surface area contributed by atoms with Crippen LogP contribution in [0.3, 0.4) is 0 Å². The Kier molecular flexibility index (Phi) is 5.89. The molecular weight excluding hydrogens is 469 g/mol. The molecule has 174 valence electrons. The normalized spacial score (nSPS) is 12.3. The van der Waals surface area contributed by atoms with Crippen LogP contribution < -0.4 is 10.2 Å². The van der Waals surface area contributed by atoms with Gasteiger partial charge in [0.1, 0.15) is 17.0 Å². The van der Waals surface area contributed by atoms with Gasteiger partial charge in [-0.2, -0.15) is 10.4 Å². The lowest BCUT2D eigenvalue weighted by molar-refractivity contribution is -0.117. The molecule has 0 radical (unpaired) electrons. The molecule has 10 heteroatoms. The third-order valence-corrected chi connectivity index (χ3v) is 6.24. The molecule has 0 spiro atoms. The number of hydrogen-bond acceptors (Lipinski definition) is 6. The number of nitrogens with one attached hydrogen (secondary N) is 1. The molecule has 0 aliphatic carbocycles. The Balaban J connectivity index is 1.45. The summed E-state index contributed by atoms with van der Waals surface area (Å²) >= 11 is 6.13. The van der Waals surface area contributed by atoms with Crippen LogP contribution in [0.2, 0.25) is 5.15 Å². The van der Waals surface area contributed by atoms with Gasteiger partial charge in [0.05, 0.1) is 23.9 Å². The van der Waals surface area contributed by atoms with Crippen LogP contribution in [-0.4, -0.2) is 32.2 Å². The van der Waals surface area contributed by atoms with Crippen LogP contribution in [0.25, 0.3) is 11.1 Å². The molecule has 1 aromatic carbocycles. The number of anilines is 3. The summed E-state index contributed by atoms with van der Waals surface area (Å²) in [7, 11) is 1.63. The molecule has 0 fully saturated rings. The van der Waals surface area contributed by atoms with Crippen LogP contribution in [0.5, 0.6) is 0 Å². The van der Waals surface area contributed by atoms with Gasteiger partial charge < -0.3 is 10.2 Å². The highest BCUT2D eigenvalue weighted by molar-refractivity contribution is 6.30. The van der Waals surface area contributed by atoms with Gasteiger partial charge in [-0.05, 0) is 59.0 Å². The molecule has 0 saturated heterocycles. The number of amides is 1. The van der Waals surface area contributed by atoms with Gasteiger partial charge in [0.2, 0.25) is 5.91 Å². The summed E-state index contributed by atoms with van der Waals surface area (Å²) in [5.41, 5.74) is 4.20. The number of carbonyl (C=O) groups excluding carboxylic acids is 1. The number of aromatic nitrogens is 4. The summed E-state index contributed by atoms with van der Waals surface area (Å²) in [6.07, 6.45) is 5.04. The van der Waals surface area contributed by atoms with E-state index in [4.69, 9.17) is 11.6 Å². The lowest BCUT2D eigenvalue weighted by Crippen LogP contribution is -2.31. The quantitative estimate of drug-likeness (QED) is 0.418. The highest BCUT2D eigenvalue weighted by Gasteiger charge is 2.29. The first kappa shape index (κ1) is 22.5. The molecule has 0 bridgehead atoms. The molecule has 1 aliphatic heterocycles. The molecular formula is C25H19ClFN7O. The van der Waals surface area contributed by atoms with Crippen LogP contribution in [0, 0.1) is 17.1 Å². The van der Waals surface area contributed by atoms with E-state index >= 15 is 0 Å². The molecule has 0 atom stereocenters. The minimum atomic E-state index is -0.485. The van der Waals surface area contributed by atoms with E-state index in [-0.39, 0.29) is 18.1 Å². The molecule has 4 aromatic rings. The van der Waals surface area contributed by atoms with Crippen LogP contribution >= 0.6 is 11.6 Å². The number of pyridine rings is 2. The van der Waals surface area contributed by atoms with Crippen molar-refractivity contribution in [2.24, 2.45) is 7.05 Å². The summed E-state index contributed by atoms with van der Waals surface area (Å²) in [4.78, 5) is 23.0. The SMILES string of the molecule is Cn1ncc(F)c1Nc1cc(-c2cc(C#N)c3c(c2)CCN3C(=O)Cc2cccnc2Cl)ccn1. The molecule has 1 amide bonds. The topological polar surface area (TPSA) is 99.7 Å². The van der Waals surface area contributed by atoms with E-state index < -0.39 is 5.82 Å². The van der Waals surface area contributed by atoms with Crippen molar-refractivity contribution in [2.75, 3.05) is 16.8 Å². The Labute approximate surface area is 205 Å². The van der Waals surface area contributed by atoms with Crippen LogP contribution in [0.4, 0.5) is 21.7 Å². The summed E-state index contributed by atoms with van der Waals surface area (Å²) in [5, 5.41) is 17.0. The number of hydrogen-bond donors (Lipinski definition) is 1. The summed E-state index contributed by atoms with van der Waals surface area (Å²) in [6.45, 7) is 0.479. The molecule has 1 N–H and O–H groups in total. The zero-order chi connectivity index (χ0) is 24.5. The smallest absolute Gasteiger partial charge is 0.231 e. The minimum Gasteiger partial charge on any atom is -0.323 e. The number of carbonyl (C=O) groups is 1. The molecule has 3 aromatic heterocycles. The molecule has 5 rings (SSSR count). The van der Waals surface area contributed by atoms with Crippen molar-refractivity contribution in [1.29, 1.82) is 5.26 Å². The van der Waals surface area contributed by atoms with E-state index in [0.717, 1.165) is 22.9 Å². The Morgan fingerprint density at radius 1 is 1.23 bits per heavy atom. The molecule has 35 heavy (non-hydrogen) atoms. The number of benzene rings is 1. The third-order valence-electron chi connectivity index (χ3n) is 5.90. The number of fused-ring (bicyclic) bond motifs is 1. The van der Waals surface area contributed by atoms with E-state index in [1.54, 1.807) is 48.6 Å². The highest BCUT2D eigenvalue weighted by Crippen LogP contribution is 2.37. The van der Waals surface area contributed by atoms with Crippen LogP contribution in [0.15, 0.2) is 55.0 Å². The Hall–Kier alpha value is -4.29. The Morgan fingerprint density at radius 3 is 2.83 bits per heavy atom. The second-order valence-corrected chi connectivity index (χ2v) is 8.45. The first-order valence-electron chi connectivity index (χ1n) is 10.8. The number of halogens is 2. The fourth-order valence-corrected chi connectivity index (χ4v) is 4.40. The van der Waals surface area contributed by atoms with Crippen LogP contribution in [0.1, 0.15) is 16.7 Å². The molecule has 1 aliphatic rings. The number of nitriles is 1. The van der Waals surface area contributed by atoms with Gasteiger partial charge in [-0.3, -0.25) is 4.79 Å². The Morgan fingerprint density at radius 2 is 2.09 bits per heavy atom.